The topological polar surface area (TPSA) is 44.3 Å². The average Bonchev–Trinajstić information content (AvgIpc) is 2.42. The van der Waals surface area contributed by atoms with Crippen LogP contribution in [0.25, 0.3) is 0 Å². The number of hydrogen-bond donors (Lipinski definition) is 3. The highest BCUT2D eigenvalue weighted by Crippen LogP contribution is 2.15. The highest BCUT2D eigenvalue weighted by atomic mass is 16.3. The van der Waals surface area contributed by atoms with Gasteiger partial charge in [-0.3, -0.25) is 0 Å². The third-order valence-corrected chi connectivity index (χ3v) is 3.57. The summed E-state index contributed by atoms with van der Waals surface area (Å²) in [5, 5.41) is 17.0. The smallest absolute Gasteiger partial charge is 0.0766 e. The van der Waals surface area contributed by atoms with Crippen LogP contribution in [0.15, 0.2) is 0 Å². The molecule has 15 heavy (non-hydrogen) atoms. The predicted molar refractivity (Wildman–Crippen MR) is 64.0 cm³/mol. The first kappa shape index (κ1) is 12.9. The van der Waals surface area contributed by atoms with Crippen molar-refractivity contribution in [3.05, 3.63) is 0 Å². The second-order valence-corrected chi connectivity index (χ2v) is 5.27. The zero-order chi connectivity index (χ0) is 11.3. The van der Waals surface area contributed by atoms with E-state index >= 15 is 0 Å². The molecule has 1 aliphatic heterocycles. The summed E-state index contributed by atoms with van der Waals surface area (Å²) in [6, 6.07) is 0.574. The van der Waals surface area contributed by atoms with Gasteiger partial charge >= 0.3 is 0 Å². The maximum atomic E-state index is 10.1. The largest absolute Gasteiger partial charge is 0.389 e. The fourth-order valence-electron chi connectivity index (χ4n) is 1.78. The highest BCUT2D eigenvalue weighted by molar-refractivity contribution is 4.82. The lowest BCUT2D eigenvalue weighted by molar-refractivity contribution is 0.0115. The summed E-state index contributed by atoms with van der Waals surface area (Å²) in [5.74, 6) is 0.300. The normalized spacial score (nSPS) is 27.4. The number of aliphatic hydroxyl groups is 1. The van der Waals surface area contributed by atoms with E-state index in [-0.39, 0.29) is 0 Å². The van der Waals surface area contributed by atoms with E-state index in [4.69, 9.17) is 0 Å². The third-order valence-electron chi connectivity index (χ3n) is 3.57. The maximum absolute atomic E-state index is 10.1. The highest BCUT2D eigenvalue weighted by Gasteiger charge is 2.25. The second-order valence-electron chi connectivity index (χ2n) is 5.27. The fourth-order valence-corrected chi connectivity index (χ4v) is 1.78. The van der Waals surface area contributed by atoms with Crippen LogP contribution in [0.2, 0.25) is 0 Å². The van der Waals surface area contributed by atoms with Crippen LogP contribution in [0.4, 0.5) is 0 Å². The Morgan fingerprint density at radius 2 is 2.13 bits per heavy atom. The summed E-state index contributed by atoms with van der Waals surface area (Å²) in [5.41, 5.74) is -0.584. The van der Waals surface area contributed by atoms with Gasteiger partial charge in [-0.25, -0.2) is 0 Å². The van der Waals surface area contributed by atoms with Crippen LogP contribution in [-0.4, -0.2) is 36.4 Å². The Morgan fingerprint density at radius 3 is 2.80 bits per heavy atom. The molecule has 90 valence electrons. The molecule has 0 aromatic rings. The number of nitrogens with one attached hydrogen (secondary N) is 2. The van der Waals surface area contributed by atoms with Gasteiger partial charge in [0.1, 0.15) is 0 Å². The van der Waals surface area contributed by atoms with Gasteiger partial charge in [0.05, 0.1) is 5.60 Å². The molecule has 3 N–H and O–H groups in total. The molecule has 1 rings (SSSR count). The lowest BCUT2D eigenvalue weighted by Crippen LogP contribution is -2.46. The molecule has 0 aromatic heterocycles. The van der Waals surface area contributed by atoms with Crippen molar-refractivity contribution in [1.82, 2.24) is 10.6 Å². The third kappa shape index (κ3) is 4.49. The van der Waals surface area contributed by atoms with Crippen LogP contribution in [0, 0.1) is 5.92 Å². The quantitative estimate of drug-likeness (QED) is 0.657. The zero-order valence-electron chi connectivity index (χ0n) is 10.3. The van der Waals surface area contributed by atoms with Crippen molar-refractivity contribution >= 4 is 0 Å². The number of rotatable bonds is 4. The minimum absolute atomic E-state index is 0.300. The second kappa shape index (κ2) is 5.83. The first-order chi connectivity index (χ1) is 7.02. The molecule has 0 spiro atoms. The van der Waals surface area contributed by atoms with Crippen molar-refractivity contribution in [2.45, 2.75) is 51.7 Å². The molecule has 0 amide bonds. The van der Waals surface area contributed by atoms with Crippen molar-refractivity contribution in [3.8, 4) is 0 Å². The number of hydrogen-bond acceptors (Lipinski definition) is 3. The van der Waals surface area contributed by atoms with E-state index in [2.05, 4.69) is 24.5 Å². The molecule has 1 saturated heterocycles. The first-order valence-electron chi connectivity index (χ1n) is 6.19. The Bertz CT molecular complexity index is 172. The molecule has 2 unspecified atom stereocenters. The van der Waals surface area contributed by atoms with Gasteiger partial charge in [0.2, 0.25) is 0 Å². The van der Waals surface area contributed by atoms with Crippen LogP contribution in [0.1, 0.15) is 40.0 Å². The lowest BCUT2D eigenvalue weighted by atomic mass is 9.92. The van der Waals surface area contributed by atoms with E-state index in [1.807, 2.05) is 6.92 Å². The zero-order valence-corrected chi connectivity index (χ0v) is 10.3. The molecule has 0 aliphatic carbocycles. The Morgan fingerprint density at radius 1 is 1.40 bits per heavy atom. The van der Waals surface area contributed by atoms with Crippen molar-refractivity contribution in [3.63, 3.8) is 0 Å². The van der Waals surface area contributed by atoms with E-state index < -0.39 is 5.60 Å². The van der Waals surface area contributed by atoms with Crippen molar-refractivity contribution in [2.75, 3.05) is 19.6 Å². The molecule has 1 aliphatic rings. The van der Waals surface area contributed by atoms with Gasteiger partial charge in [-0.15, -0.1) is 0 Å². The molecule has 0 aromatic carbocycles. The van der Waals surface area contributed by atoms with Crippen LogP contribution >= 0.6 is 0 Å². The standard InChI is InChI=1S/C12H26N2O/c1-10(2)12(3,15)9-14-11-5-4-7-13-8-6-11/h10-11,13-15H,4-9H2,1-3H3. The van der Waals surface area contributed by atoms with Gasteiger partial charge in [-0.2, -0.15) is 0 Å². The minimum atomic E-state index is -0.584. The minimum Gasteiger partial charge on any atom is -0.389 e. The van der Waals surface area contributed by atoms with E-state index in [9.17, 15) is 5.11 Å². The summed E-state index contributed by atoms with van der Waals surface area (Å²) in [6.07, 6.45) is 3.64. The monoisotopic (exact) mass is 214 g/mol. The van der Waals surface area contributed by atoms with Gasteiger partial charge in [-0.1, -0.05) is 13.8 Å². The van der Waals surface area contributed by atoms with Gasteiger partial charge in [0.25, 0.3) is 0 Å². The molecular formula is C12H26N2O. The maximum Gasteiger partial charge on any atom is 0.0766 e. The Hall–Kier alpha value is -0.120. The molecule has 1 heterocycles. The van der Waals surface area contributed by atoms with Crippen molar-refractivity contribution < 1.29 is 5.11 Å². The molecular weight excluding hydrogens is 188 g/mol. The molecule has 3 heteroatoms. The van der Waals surface area contributed by atoms with Gasteiger partial charge in [-0.05, 0) is 45.2 Å². The van der Waals surface area contributed by atoms with Crippen LogP contribution in [-0.2, 0) is 0 Å². The van der Waals surface area contributed by atoms with Crippen molar-refractivity contribution in [1.29, 1.82) is 0 Å². The molecule has 2 atom stereocenters. The molecule has 0 bridgehead atoms. The Kier molecular flexibility index (Phi) is 5.03. The van der Waals surface area contributed by atoms with E-state index in [1.165, 1.54) is 19.3 Å². The first-order valence-corrected chi connectivity index (χ1v) is 6.19. The predicted octanol–water partition coefficient (Wildman–Crippen LogP) is 1.13. The van der Waals surface area contributed by atoms with Crippen molar-refractivity contribution in [2.24, 2.45) is 5.92 Å². The molecule has 1 fully saturated rings. The summed E-state index contributed by atoms with van der Waals surface area (Å²) in [4.78, 5) is 0. The van der Waals surface area contributed by atoms with Crippen LogP contribution in [0.3, 0.4) is 0 Å². The fraction of sp³-hybridized carbons (Fsp3) is 1.00. The SMILES string of the molecule is CC(C)C(C)(O)CNC1CCCNCC1. The van der Waals surface area contributed by atoms with Crippen LogP contribution < -0.4 is 10.6 Å². The van der Waals surface area contributed by atoms with E-state index in [0.717, 1.165) is 13.1 Å². The average molecular weight is 214 g/mol. The summed E-state index contributed by atoms with van der Waals surface area (Å²) >= 11 is 0. The van der Waals surface area contributed by atoms with E-state index in [1.54, 1.807) is 0 Å². The molecule has 3 nitrogen and oxygen atoms in total. The lowest BCUT2D eigenvalue weighted by Gasteiger charge is -2.30. The summed E-state index contributed by atoms with van der Waals surface area (Å²) in [6.45, 7) is 8.99. The molecule has 0 saturated carbocycles. The Labute approximate surface area is 93.6 Å². The molecule has 0 radical (unpaired) electrons. The van der Waals surface area contributed by atoms with Crippen LogP contribution in [0.5, 0.6) is 0 Å². The summed E-state index contributed by atoms with van der Waals surface area (Å²) in [7, 11) is 0. The van der Waals surface area contributed by atoms with Gasteiger partial charge in [0, 0.05) is 12.6 Å². The van der Waals surface area contributed by atoms with E-state index in [0.29, 0.717) is 18.5 Å². The van der Waals surface area contributed by atoms with Gasteiger partial charge < -0.3 is 15.7 Å². The Balaban J connectivity index is 2.28. The van der Waals surface area contributed by atoms with Gasteiger partial charge in [0.15, 0.2) is 0 Å². The summed E-state index contributed by atoms with van der Waals surface area (Å²) < 4.78 is 0.